The molecule has 0 spiro atoms. The van der Waals surface area contributed by atoms with E-state index < -0.39 is 0 Å². The van der Waals surface area contributed by atoms with Crippen LogP contribution < -0.4 is 5.32 Å². The lowest BCUT2D eigenvalue weighted by atomic mass is 10.1. The Morgan fingerprint density at radius 3 is 2.91 bits per heavy atom. The number of carbonyl (C=O) groups excluding carboxylic acids is 1. The molecule has 6 nitrogen and oxygen atoms in total. The molecule has 2 aromatic heterocycles. The molecule has 2 aromatic rings. The third-order valence-corrected chi connectivity index (χ3v) is 3.26. The van der Waals surface area contributed by atoms with Gasteiger partial charge in [-0.1, -0.05) is 23.3 Å². The molecule has 2 rings (SSSR count). The Labute approximate surface area is 129 Å². The van der Waals surface area contributed by atoms with Crippen molar-refractivity contribution < 1.29 is 4.79 Å². The Morgan fingerprint density at radius 1 is 1.32 bits per heavy atom. The average Bonchev–Trinajstić information content (AvgIpc) is 2.94. The molecule has 2 heterocycles. The number of nitrogens with one attached hydrogen (secondary N) is 1. The largest absolute Gasteiger partial charge is 0.349 e. The van der Waals surface area contributed by atoms with Crippen molar-refractivity contribution in [2.75, 3.05) is 6.54 Å². The van der Waals surface area contributed by atoms with Gasteiger partial charge < -0.3 is 5.32 Å². The highest BCUT2D eigenvalue weighted by Gasteiger charge is 2.06. The van der Waals surface area contributed by atoms with Gasteiger partial charge in [0.25, 0.3) is 5.91 Å². The minimum absolute atomic E-state index is 0.126. The summed E-state index contributed by atoms with van der Waals surface area (Å²) in [5.74, 6) is -0.126. The minimum atomic E-state index is -0.126. The maximum atomic E-state index is 12.1. The Bertz CT molecular complexity index is 710. The predicted octanol–water partition coefficient (Wildman–Crippen LogP) is 2.55. The van der Waals surface area contributed by atoms with Crippen molar-refractivity contribution >= 4 is 11.6 Å². The van der Waals surface area contributed by atoms with Crippen LogP contribution in [0.4, 0.5) is 0 Å². The zero-order valence-corrected chi connectivity index (χ0v) is 13.2. The molecule has 0 saturated carbocycles. The van der Waals surface area contributed by atoms with Crippen molar-refractivity contribution in [3.63, 3.8) is 0 Å². The van der Waals surface area contributed by atoms with Crippen LogP contribution in [0.2, 0.25) is 0 Å². The van der Waals surface area contributed by atoms with E-state index in [4.69, 9.17) is 0 Å². The maximum absolute atomic E-state index is 12.1. The molecule has 0 aliphatic rings. The lowest BCUT2D eigenvalue weighted by Crippen LogP contribution is -2.23. The number of rotatable bonds is 6. The monoisotopic (exact) mass is 299 g/mol. The number of fused-ring (bicyclic) bond motifs is 1. The fourth-order valence-electron chi connectivity index (χ4n) is 1.99. The Kier molecular flexibility index (Phi) is 5.41. The first kappa shape index (κ1) is 15.9. The van der Waals surface area contributed by atoms with Gasteiger partial charge in [0, 0.05) is 18.3 Å². The van der Waals surface area contributed by atoms with Crippen LogP contribution in [0, 0.1) is 0 Å². The third-order valence-electron chi connectivity index (χ3n) is 3.26. The summed E-state index contributed by atoms with van der Waals surface area (Å²) in [6.07, 6.45) is 7.99. The van der Waals surface area contributed by atoms with Crippen LogP contribution >= 0.6 is 0 Å². The fraction of sp³-hybridized carbons (Fsp3) is 0.375. The zero-order chi connectivity index (χ0) is 15.9. The van der Waals surface area contributed by atoms with Gasteiger partial charge in [0.1, 0.15) is 0 Å². The number of carbonyl (C=O) groups is 1. The summed E-state index contributed by atoms with van der Waals surface area (Å²) in [5.41, 5.74) is 3.72. The second-order valence-electron chi connectivity index (χ2n) is 5.48. The van der Waals surface area contributed by atoms with Crippen molar-refractivity contribution in [3.05, 3.63) is 47.2 Å². The summed E-state index contributed by atoms with van der Waals surface area (Å²) in [5, 5.41) is 14.0. The van der Waals surface area contributed by atoms with Crippen molar-refractivity contribution in [1.29, 1.82) is 0 Å². The minimum Gasteiger partial charge on any atom is -0.349 e. The van der Waals surface area contributed by atoms with Crippen LogP contribution in [-0.4, -0.2) is 32.5 Å². The molecule has 0 aliphatic heterocycles. The van der Waals surface area contributed by atoms with E-state index in [0.717, 1.165) is 12.8 Å². The smallest absolute Gasteiger partial charge is 0.251 e. The second-order valence-corrected chi connectivity index (χ2v) is 5.48. The first-order chi connectivity index (χ1) is 10.6. The molecular formula is C16H21N5O. The number of hydrogen-bond acceptors (Lipinski definition) is 4. The predicted molar refractivity (Wildman–Crippen MR) is 85.5 cm³/mol. The molecule has 0 aliphatic carbocycles. The molecule has 0 aromatic carbocycles. The van der Waals surface area contributed by atoms with Gasteiger partial charge in [-0.3, -0.25) is 4.79 Å². The van der Waals surface area contributed by atoms with Crippen molar-refractivity contribution in [2.45, 2.75) is 33.6 Å². The summed E-state index contributed by atoms with van der Waals surface area (Å²) in [6.45, 7) is 6.80. The van der Waals surface area contributed by atoms with Gasteiger partial charge in [0.05, 0.1) is 0 Å². The number of aromatic nitrogens is 4. The standard InChI is InChI=1S/C16H21N5O/c1-12(2)5-4-6-13(3)7-9-17-16(22)14-8-10-21-15(11-14)18-19-20-21/h5,7-8,10-11H,4,6,9H2,1-3H3,(H,17,22). The molecule has 0 atom stereocenters. The normalized spacial score (nSPS) is 11.5. The van der Waals surface area contributed by atoms with Crippen LogP contribution in [0.15, 0.2) is 41.6 Å². The lowest BCUT2D eigenvalue weighted by Gasteiger charge is -2.04. The maximum Gasteiger partial charge on any atom is 0.251 e. The van der Waals surface area contributed by atoms with E-state index >= 15 is 0 Å². The van der Waals surface area contributed by atoms with E-state index in [1.807, 2.05) is 6.08 Å². The molecule has 22 heavy (non-hydrogen) atoms. The number of hydrogen-bond donors (Lipinski definition) is 1. The summed E-state index contributed by atoms with van der Waals surface area (Å²) < 4.78 is 1.52. The number of amides is 1. The summed E-state index contributed by atoms with van der Waals surface area (Å²) in [7, 11) is 0. The molecule has 0 radical (unpaired) electrons. The Balaban J connectivity index is 1.85. The topological polar surface area (TPSA) is 72.2 Å². The van der Waals surface area contributed by atoms with E-state index in [0.29, 0.717) is 17.8 Å². The van der Waals surface area contributed by atoms with Crippen LogP contribution in [0.3, 0.4) is 0 Å². The summed E-state index contributed by atoms with van der Waals surface area (Å²) in [4.78, 5) is 12.1. The van der Waals surface area contributed by atoms with Gasteiger partial charge >= 0.3 is 0 Å². The van der Waals surface area contributed by atoms with Crippen LogP contribution in [0.5, 0.6) is 0 Å². The number of nitrogens with zero attached hydrogens (tertiary/aromatic N) is 4. The molecule has 116 valence electrons. The van der Waals surface area contributed by atoms with E-state index in [-0.39, 0.29) is 5.91 Å². The molecule has 1 N–H and O–H groups in total. The molecule has 0 fully saturated rings. The first-order valence-electron chi connectivity index (χ1n) is 7.31. The highest BCUT2D eigenvalue weighted by Crippen LogP contribution is 2.06. The zero-order valence-electron chi connectivity index (χ0n) is 13.2. The van der Waals surface area contributed by atoms with Crippen LogP contribution in [-0.2, 0) is 0 Å². The van der Waals surface area contributed by atoms with Gasteiger partial charge in [-0.05, 0) is 56.2 Å². The summed E-state index contributed by atoms with van der Waals surface area (Å²) >= 11 is 0. The third kappa shape index (κ3) is 4.51. The Morgan fingerprint density at radius 2 is 2.14 bits per heavy atom. The van der Waals surface area contributed by atoms with Crippen molar-refractivity contribution in [3.8, 4) is 0 Å². The number of allylic oxidation sites excluding steroid dienone is 3. The molecule has 0 bridgehead atoms. The first-order valence-corrected chi connectivity index (χ1v) is 7.31. The molecule has 0 saturated heterocycles. The van der Waals surface area contributed by atoms with Crippen LogP contribution in [0.25, 0.3) is 5.65 Å². The van der Waals surface area contributed by atoms with E-state index in [2.05, 4.69) is 47.7 Å². The van der Waals surface area contributed by atoms with Gasteiger partial charge in [0.2, 0.25) is 0 Å². The molecular weight excluding hydrogens is 278 g/mol. The van der Waals surface area contributed by atoms with E-state index in [1.165, 1.54) is 15.7 Å². The van der Waals surface area contributed by atoms with Gasteiger partial charge in [-0.2, -0.15) is 0 Å². The van der Waals surface area contributed by atoms with E-state index in [1.54, 1.807) is 18.3 Å². The molecule has 1 amide bonds. The molecule has 6 heteroatoms. The fourth-order valence-corrected chi connectivity index (χ4v) is 1.99. The SMILES string of the molecule is CC(C)=CCCC(C)=CCNC(=O)c1ccn2nnnc2c1. The lowest BCUT2D eigenvalue weighted by molar-refractivity contribution is 0.0958. The van der Waals surface area contributed by atoms with Crippen molar-refractivity contribution in [2.24, 2.45) is 0 Å². The average molecular weight is 299 g/mol. The van der Waals surface area contributed by atoms with Gasteiger partial charge in [-0.15, -0.1) is 5.10 Å². The highest BCUT2D eigenvalue weighted by atomic mass is 16.1. The van der Waals surface area contributed by atoms with Gasteiger partial charge in [0.15, 0.2) is 5.65 Å². The number of tetrazole rings is 1. The second kappa shape index (κ2) is 7.49. The van der Waals surface area contributed by atoms with Crippen molar-refractivity contribution in [1.82, 2.24) is 25.4 Å². The van der Waals surface area contributed by atoms with Gasteiger partial charge in [-0.25, -0.2) is 4.52 Å². The quantitative estimate of drug-likeness (QED) is 0.832. The Hall–Kier alpha value is -2.50. The highest BCUT2D eigenvalue weighted by molar-refractivity contribution is 5.95. The summed E-state index contributed by atoms with van der Waals surface area (Å²) in [6, 6.07) is 3.37. The van der Waals surface area contributed by atoms with Crippen LogP contribution in [0.1, 0.15) is 44.0 Å². The number of pyridine rings is 1. The molecule has 0 unspecified atom stereocenters. The van der Waals surface area contributed by atoms with E-state index in [9.17, 15) is 4.79 Å².